The molecule has 0 amide bonds. The second-order valence-electron chi connectivity index (χ2n) is 2.01. The molecular weight excluding hydrogens is 156 g/mol. The first-order chi connectivity index (χ1) is 5.29. The number of Topliss-reactive ketones (excluding diaryl/α,β-unsaturated/α-hetero) is 1. The molecule has 0 unspecified atom stereocenters. The number of thiophene rings is 1. The Kier molecular flexibility index (Phi) is 5.75. The Morgan fingerprint density at radius 2 is 2.18 bits per heavy atom. The van der Waals surface area contributed by atoms with Gasteiger partial charge in [-0.1, -0.05) is 13.8 Å². The fourth-order valence-corrected chi connectivity index (χ4v) is 1.35. The summed E-state index contributed by atoms with van der Waals surface area (Å²) >= 11 is 1.63. The summed E-state index contributed by atoms with van der Waals surface area (Å²) < 4.78 is 0. The van der Waals surface area contributed by atoms with E-state index in [4.69, 9.17) is 0 Å². The van der Waals surface area contributed by atoms with Crippen molar-refractivity contribution >= 4 is 17.1 Å². The fraction of sp³-hybridized carbons (Fsp3) is 0.444. The molecule has 0 aliphatic rings. The lowest BCUT2D eigenvalue weighted by atomic mass is 10.2. The van der Waals surface area contributed by atoms with Gasteiger partial charge in [0.2, 0.25) is 0 Å². The van der Waals surface area contributed by atoms with Gasteiger partial charge in [0, 0.05) is 6.42 Å². The molecule has 1 rings (SSSR count). The van der Waals surface area contributed by atoms with Crippen molar-refractivity contribution < 1.29 is 4.79 Å². The standard InChI is InChI=1S/C7H8OS.C2H6/c1-6(8)4-7-2-3-9-5-7;1-2/h2-3,5H,4H2,1H3;1-2H3. The lowest BCUT2D eigenvalue weighted by Crippen LogP contribution is -1.92. The lowest BCUT2D eigenvalue weighted by Gasteiger charge is -1.86. The summed E-state index contributed by atoms with van der Waals surface area (Å²) in [6.45, 7) is 5.61. The van der Waals surface area contributed by atoms with Crippen LogP contribution >= 0.6 is 11.3 Å². The van der Waals surface area contributed by atoms with Crippen LogP contribution in [0, 0.1) is 0 Å². The van der Waals surface area contributed by atoms with Gasteiger partial charge in [-0.2, -0.15) is 11.3 Å². The first-order valence-corrected chi connectivity index (χ1v) is 4.74. The molecule has 1 aromatic rings. The Bertz CT molecular complexity index is 189. The van der Waals surface area contributed by atoms with Crippen molar-refractivity contribution in [2.75, 3.05) is 0 Å². The average Bonchev–Trinajstić information content (AvgIpc) is 2.43. The van der Waals surface area contributed by atoms with Gasteiger partial charge in [-0.15, -0.1) is 0 Å². The molecule has 0 N–H and O–H groups in total. The average molecular weight is 170 g/mol. The maximum atomic E-state index is 10.5. The molecule has 0 aliphatic heterocycles. The quantitative estimate of drug-likeness (QED) is 0.667. The van der Waals surface area contributed by atoms with Crippen molar-refractivity contribution in [1.29, 1.82) is 0 Å². The van der Waals surface area contributed by atoms with E-state index in [0.29, 0.717) is 6.42 Å². The van der Waals surface area contributed by atoms with E-state index >= 15 is 0 Å². The van der Waals surface area contributed by atoms with Crippen LogP contribution in [0.4, 0.5) is 0 Å². The summed E-state index contributed by atoms with van der Waals surface area (Å²) in [5.74, 6) is 0.230. The third-order valence-corrected chi connectivity index (χ3v) is 1.77. The Morgan fingerprint density at radius 1 is 1.55 bits per heavy atom. The maximum Gasteiger partial charge on any atom is 0.134 e. The zero-order valence-corrected chi connectivity index (χ0v) is 8.07. The molecule has 0 radical (unpaired) electrons. The first kappa shape index (κ1) is 10.4. The van der Waals surface area contributed by atoms with Crippen LogP contribution in [0.25, 0.3) is 0 Å². The number of carbonyl (C=O) groups excluding carboxylic acids is 1. The van der Waals surface area contributed by atoms with Crippen molar-refractivity contribution in [3.8, 4) is 0 Å². The summed E-state index contributed by atoms with van der Waals surface area (Å²) in [5, 5.41) is 3.99. The van der Waals surface area contributed by atoms with Gasteiger partial charge in [0.1, 0.15) is 5.78 Å². The second kappa shape index (κ2) is 6.10. The van der Waals surface area contributed by atoms with Crippen LogP contribution in [0.15, 0.2) is 16.8 Å². The number of hydrogen-bond acceptors (Lipinski definition) is 2. The molecule has 0 spiro atoms. The highest BCUT2D eigenvalue weighted by Crippen LogP contribution is 2.06. The highest BCUT2D eigenvalue weighted by atomic mass is 32.1. The minimum absolute atomic E-state index is 0.230. The third-order valence-electron chi connectivity index (χ3n) is 1.03. The molecule has 1 nitrogen and oxygen atoms in total. The minimum Gasteiger partial charge on any atom is -0.300 e. The fourth-order valence-electron chi connectivity index (χ4n) is 0.681. The van der Waals surface area contributed by atoms with Gasteiger partial charge in [0.05, 0.1) is 0 Å². The van der Waals surface area contributed by atoms with E-state index in [-0.39, 0.29) is 5.78 Å². The SMILES string of the molecule is CC.CC(=O)Cc1ccsc1. The van der Waals surface area contributed by atoms with Gasteiger partial charge in [-0.3, -0.25) is 4.79 Å². The van der Waals surface area contributed by atoms with E-state index in [1.807, 2.05) is 30.7 Å². The predicted octanol–water partition coefficient (Wildman–Crippen LogP) is 2.91. The molecule has 0 aliphatic carbocycles. The molecule has 0 fully saturated rings. The normalized spacial score (nSPS) is 8.27. The molecule has 2 heteroatoms. The third kappa shape index (κ3) is 4.73. The predicted molar refractivity (Wildman–Crippen MR) is 50.1 cm³/mol. The van der Waals surface area contributed by atoms with E-state index in [1.54, 1.807) is 18.3 Å². The summed E-state index contributed by atoms with van der Waals surface area (Å²) in [6, 6.07) is 1.98. The molecule has 11 heavy (non-hydrogen) atoms. The Morgan fingerprint density at radius 3 is 2.55 bits per heavy atom. The summed E-state index contributed by atoms with van der Waals surface area (Å²) in [7, 11) is 0. The van der Waals surface area contributed by atoms with Gasteiger partial charge >= 0.3 is 0 Å². The maximum absolute atomic E-state index is 10.5. The highest BCUT2D eigenvalue weighted by Gasteiger charge is 1.95. The smallest absolute Gasteiger partial charge is 0.134 e. The summed E-state index contributed by atoms with van der Waals surface area (Å²) in [5.41, 5.74) is 1.13. The van der Waals surface area contributed by atoms with Crippen molar-refractivity contribution in [1.82, 2.24) is 0 Å². The van der Waals surface area contributed by atoms with Gasteiger partial charge in [-0.25, -0.2) is 0 Å². The van der Waals surface area contributed by atoms with E-state index in [9.17, 15) is 4.79 Å². The largest absolute Gasteiger partial charge is 0.300 e. The first-order valence-electron chi connectivity index (χ1n) is 3.79. The molecule has 1 aromatic heterocycles. The van der Waals surface area contributed by atoms with Crippen LogP contribution in [0.3, 0.4) is 0 Å². The van der Waals surface area contributed by atoms with E-state index in [2.05, 4.69) is 0 Å². The zero-order chi connectivity index (χ0) is 8.69. The molecule has 0 saturated heterocycles. The van der Waals surface area contributed by atoms with Crippen molar-refractivity contribution in [3.63, 3.8) is 0 Å². The van der Waals surface area contributed by atoms with E-state index < -0.39 is 0 Å². The second-order valence-corrected chi connectivity index (χ2v) is 2.79. The van der Waals surface area contributed by atoms with Crippen molar-refractivity contribution in [2.24, 2.45) is 0 Å². The number of hydrogen-bond donors (Lipinski definition) is 0. The van der Waals surface area contributed by atoms with E-state index in [0.717, 1.165) is 5.56 Å². The van der Waals surface area contributed by atoms with Crippen LogP contribution in [-0.4, -0.2) is 5.78 Å². The molecule has 0 atom stereocenters. The van der Waals surface area contributed by atoms with Crippen LogP contribution in [0.1, 0.15) is 26.3 Å². The van der Waals surface area contributed by atoms with Crippen LogP contribution in [0.5, 0.6) is 0 Å². The van der Waals surface area contributed by atoms with Crippen LogP contribution in [0.2, 0.25) is 0 Å². The van der Waals surface area contributed by atoms with Crippen molar-refractivity contribution in [3.05, 3.63) is 22.4 Å². The Balaban J connectivity index is 0.000000461. The van der Waals surface area contributed by atoms with Gasteiger partial charge < -0.3 is 0 Å². The summed E-state index contributed by atoms with van der Waals surface area (Å²) in [6.07, 6.45) is 0.587. The van der Waals surface area contributed by atoms with E-state index in [1.165, 1.54) is 0 Å². The molecular formula is C9H14OS. The number of rotatable bonds is 2. The Labute approximate surface area is 72.1 Å². The lowest BCUT2D eigenvalue weighted by molar-refractivity contribution is -0.116. The molecule has 62 valence electrons. The number of ketones is 1. The van der Waals surface area contributed by atoms with Gasteiger partial charge in [0.25, 0.3) is 0 Å². The van der Waals surface area contributed by atoms with Crippen molar-refractivity contribution in [2.45, 2.75) is 27.2 Å². The Hall–Kier alpha value is -0.630. The molecule has 0 saturated carbocycles. The molecule has 0 aromatic carbocycles. The van der Waals surface area contributed by atoms with Gasteiger partial charge in [0.15, 0.2) is 0 Å². The monoisotopic (exact) mass is 170 g/mol. The number of carbonyl (C=O) groups is 1. The highest BCUT2D eigenvalue weighted by molar-refractivity contribution is 7.07. The molecule has 1 heterocycles. The minimum atomic E-state index is 0.230. The van der Waals surface area contributed by atoms with Crippen LogP contribution in [-0.2, 0) is 11.2 Å². The van der Waals surface area contributed by atoms with Gasteiger partial charge in [-0.05, 0) is 29.3 Å². The summed E-state index contributed by atoms with van der Waals surface area (Å²) in [4.78, 5) is 10.5. The zero-order valence-electron chi connectivity index (χ0n) is 7.26. The topological polar surface area (TPSA) is 17.1 Å². The molecule has 0 bridgehead atoms. The van der Waals surface area contributed by atoms with Crippen LogP contribution < -0.4 is 0 Å².